The van der Waals surface area contributed by atoms with Crippen molar-refractivity contribution < 1.29 is 32.9 Å². The van der Waals surface area contributed by atoms with Crippen LogP contribution in [0.3, 0.4) is 0 Å². The number of rotatable bonds is 55. The number of amides is 1. The molecule has 0 bridgehead atoms. The molecule has 0 spiro atoms. The Balaban J connectivity index is 4.15. The fraction of sp³-hybridized carbons (Fsp3) is 0.883. The van der Waals surface area contributed by atoms with Gasteiger partial charge in [0.2, 0.25) is 5.91 Å². The van der Waals surface area contributed by atoms with Gasteiger partial charge in [-0.1, -0.05) is 275 Å². The van der Waals surface area contributed by atoms with Gasteiger partial charge in [-0.25, -0.2) is 0 Å². The quantitative estimate of drug-likeness (QED) is 0.0272. The molecule has 2 N–H and O–H groups in total. The molecule has 9 heteroatoms. The van der Waals surface area contributed by atoms with Crippen molar-refractivity contribution >= 4 is 13.7 Å². The van der Waals surface area contributed by atoms with Crippen LogP contribution < -0.4 is 10.2 Å². The molecule has 0 aliphatic rings. The van der Waals surface area contributed by atoms with Crippen LogP contribution in [0.15, 0.2) is 36.5 Å². The summed E-state index contributed by atoms with van der Waals surface area (Å²) in [4.78, 5) is 25.4. The third kappa shape index (κ3) is 54.3. The van der Waals surface area contributed by atoms with E-state index in [1.54, 1.807) is 6.08 Å². The van der Waals surface area contributed by atoms with Gasteiger partial charge in [0.1, 0.15) is 13.2 Å². The second kappa shape index (κ2) is 51.6. The van der Waals surface area contributed by atoms with Gasteiger partial charge in [0.15, 0.2) is 0 Å². The van der Waals surface area contributed by atoms with E-state index in [9.17, 15) is 19.4 Å². The van der Waals surface area contributed by atoms with Crippen LogP contribution in [0, 0.1) is 0 Å². The summed E-state index contributed by atoms with van der Waals surface area (Å²) < 4.78 is 23.3. The summed E-state index contributed by atoms with van der Waals surface area (Å²) in [7, 11) is 1.24. The van der Waals surface area contributed by atoms with Crippen molar-refractivity contribution in [2.45, 2.75) is 302 Å². The Morgan fingerprint density at radius 3 is 1.17 bits per heavy atom. The smallest absolute Gasteiger partial charge is 0.268 e. The summed E-state index contributed by atoms with van der Waals surface area (Å²) in [5.41, 5.74) is 0. The van der Waals surface area contributed by atoms with Crippen LogP contribution >= 0.6 is 7.82 Å². The van der Waals surface area contributed by atoms with Crippen LogP contribution in [0.4, 0.5) is 0 Å². The van der Waals surface area contributed by atoms with E-state index in [1.807, 2.05) is 27.2 Å². The molecule has 3 unspecified atom stereocenters. The predicted octanol–water partition coefficient (Wildman–Crippen LogP) is 17.5. The third-order valence-corrected chi connectivity index (χ3v) is 14.5. The van der Waals surface area contributed by atoms with Crippen molar-refractivity contribution in [2.24, 2.45) is 0 Å². The maximum atomic E-state index is 12.9. The van der Waals surface area contributed by atoms with Gasteiger partial charge in [0, 0.05) is 6.42 Å². The highest BCUT2D eigenvalue weighted by Gasteiger charge is 2.23. The van der Waals surface area contributed by atoms with E-state index in [2.05, 4.69) is 43.5 Å². The standard InChI is InChI=1S/C60H117N2O6P/c1-6-8-10-12-14-16-18-20-22-23-24-25-26-27-28-29-30-31-32-33-34-35-36-37-38-40-41-43-45-47-49-51-53-59(63)58(57-68-69(65,66)67-56-55-62(3,4)5)61-60(64)54-52-50-48-46-44-42-39-21-19-17-15-13-11-9-7-2/h37-38,43,45,51,53,58-59,63H,6-36,39-42,44,46-50,52,54-57H2,1-5H3,(H-,61,64,65,66)/b38-37+,45-43+,53-51+. The number of allylic oxidation sites excluding steroid dienone is 5. The first kappa shape index (κ1) is 67.7. The third-order valence-electron chi connectivity index (χ3n) is 13.6. The van der Waals surface area contributed by atoms with E-state index >= 15 is 0 Å². The topological polar surface area (TPSA) is 108 Å². The van der Waals surface area contributed by atoms with Crippen molar-refractivity contribution in [1.82, 2.24) is 5.32 Å². The molecule has 0 aliphatic heterocycles. The Labute approximate surface area is 429 Å². The number of hydrogen-bond acceptors (Lipinski definition) is 6. The van der Waals surface area contributed by atoms with Gasteiger partial charge in [-0.3, -0.25) is 9.36 Å². The SMILES string of the molecule is CCCCCCCCCCCCCCCCCCCCCCCC/C=C/CC/C=C/CC/C=C/C(O)C(COP(=O)([O-])OCC[N+](C)(C)C)NC(=O)CCCCCCCCCCCCCCCCC. The average molecular weight is 994 g/mol. The molecular weight excluding hydrogens is 876 g/mol. The van der Waals surface area contributed by atoms with Crippen LogP contribution in [0.5, 0.6) is 0 Å². The largest absolute Gasteiger partial charge is 0.756 e. The number of hydrogen-bond donors (Lipinski definition) is 2. The van der Waals surface area contributed by atoms with Gasteiger partial charge in [0.25, 0.3) is 7.82 Å². The molecule has 0 heterocycles. The molecule has 1 amide bonds. The first-order chi connectivity index (χ1) is 33.5. The second-order valence-corrected chi connectivity index (χ2v) is 23.1. The number of likely N-dealkylation sites (N-methyl/N-ethyl adjacent to an activating group) is 1. The Hall–Kier alpha value is -1.28. The number of carbonyl (C=O) groups excluding carboxylic acids is 1. The van der Waals surface area contributed by atoms with Gasteiger partial charge in [-0.2, -0.15) is 0 Å². The van der Waals surface area contributed by atoms with Gasteiger partial charge < -0.3 is 28.8 Å². The van der Waals surface area contributed by atoms with Crippen molar-refractivity contribution in [3.05, 3.63) is 36.5 Å². The lowest BCUT2D eigenvalue weighted by Gasteiger charge is -2.29. The summed E-state index contributed by atoms with van der Waals surface area (Å²) in [6.07, 6.45) is 66.8. The van der Waals surface area contributed by atoms with Crippen molar-refractivity contribution in [1.29, 1.82) is 0 Å². The van der Waals surface area contributed by atoms with Gasteiger partial charge in [0.05, 0.1) is 39.9 Å². The van der Waals surface area contributed by atoms with E-state index in [4.69, 9.17) is 9.05 Å². The summed E-state index contributed by atoms with van der Waals surface area (Å²) in [6, 6.07) is -0.907. The lowest BCUT2D eigenvalue weighted by molar-refractivity contribution is -0.870. The molecule has 0 radical (unpaired) electrons. The van der Waals surface area contributed by atoms with Crippen LogP contribution in [0.25, 0.3) is 0 Å². The molecule has 0 saturated heterocycles. The van der Waals surface area contributed by atoms with Crippen molar-refractivity contribution in [3.63, 3.8) is 0 Å². The zero-order chi connectivity index (χ0) is 50.6. The molecule has 0 aliphatic carbocycles. The number of phosphoric acid groups is 1. The lowest BCUT2D eigenvalue weighted by atomic mass is 10.0. The first-order valence-electron chi connectivity index (χ1n) is 29.9. The van der Waals surface area contributed by atoms with Crippen LogP contribution in [-0.4, -0.2) is 68.5 Å². The Bertz CT molecular complexity index is 1220. The molecule has 0 saturated carbocycles. The zero-order valence-electron chi connectivity index (χ0n) is 46.5. The zero-order valence-corrected chi connectivity index (χ0v) is 47.4. The maximum absolute atomic E-state index is 12.9. The number of nitrogens with one attached hydrogen (secondary N) is 1. The number of aliphatic hydroxyl groups is 1. The predicted molar refractivity (Wildman–Crippen MR) is 298 cm³/mol. The fourth-order valence-electron chi connectivity index (χ4n) is 8.89. The van der Waals surface area contributed by atoms with E-state index in [-0.39, 0.29) is 12.5 Å². The molecular formula is C60H117N2O6P. The number of quaternary nitrogens is 1. The highest BCUT2D eigenvalue weighted by Crippen LogP contribution is 2.38. The van der Waals surface area contributed by atoms with Crippen molar-refractivity contribution in [3.8, 4) is 0 Å². The summed E-state index contributed by atoms with van der Waals surface area (Å²) in [6.45, 7) is 4.65. The summed E-state index contributed by atoms with van der Waals surface area (Å²) in [5, 5.41) is 13.9. The van der Waals surface area contributed by atoms with Crippen LogP contribution in [0.1, 0.15) is 290 Å². The number of unbranched alkanes of at least 4 members (excludes halogenated alkanes) is 38. The molecule has 69 heavy (non-hydrogen) atoms. The first-order valence-corrected chi connectivity index (χ1v) is 31.3. The van der Waals surface area contributed by atoms with Gasteiger partial charge >= 0.3 is 0 Å². The second-order valence-electron chi connectivity index (χ2n) is 21.7. The monoisotopic (exact) mass is 993 g/mol. The van der Waals surface area contributed by atoms with Crippen LogP contribution in [-0.2, 0) is 18.4 Å². The molecule has 0 aromatic carbocycles. The molecule has 408 valence electrons. The van der Waals surface area contributed by atoms with E-state index < -0.39 is 26.6 Å². The van der Waals surface area contributed by atoms with Crippen LogP contribution in [0.2, 0.25) is 0 Å². The number of phosphoric ester groups is 1. The van der Waals surface area contributed by atoms with Gasteiger partial charge in [-0.15, -0.1) is 0 Å². The molecule has 0 rings (SSSR count). The average Bonchev–Trinajstić information content (AvgIpc) is 3.31. The Morgan fingerprint density at radius 2 is 0.812 bits per heavy atom. The molecule has 0 fully saturated rings. The fourth-order valence-corrected chi connectivity index (χ4v) is 9.62. The number of nitrogens with zero attached hydrogens (tertiary/aromatic N) is 1. The number of aliphatic hydroxyl groups excluding tert-OH is 1. The molecule has 0 aromatic rings. The minimum absolute atomic E-state index is 0.00748. The normalized spacial score (nSPS) is 14.1. The highest BCUT2D eigenvalue weighted by atomic mass is 31.2. The van der Waals surface area contributed by atoms with Gasteiger partial charge in [-0.05, 0) is 44.9 Å². The van der Waals surface area contributed by atoms with E-state index in [0.717, 1.165) is 44.9 Å². The molecule has 8 nitrogen and oxygen atoms in total. The van der Waals surface area contributed by atoms with E-state index in [1.165, 1.54) is 225 Å². The Morgan fingerprint density at radius 1 is 0.493 bits per heavy atom. The highest BCUT2D eigenvalue weighted by molar-refractivity contribution is 7.45. The molecule has 0 aromatic heterocycles. The maximum Gasteiger partial charge on any atom is 0.268 e. The minimum Gasteiger partial charge on any atom is -0.756 e. The summed E-state index contributed by atoms with van der Waals surface area (Å²) >= 11 is 0. The number of carbonyl (C=O) groups is 1. The van der Waals surface area contributed by atoms with Crippen molar-refractivity contribution in [2.75, 3.05) is 40.9 Å². The lowest BCUT2D eigenvalue weighted by Crippen LogP contribution is -2.45. The Kier molecular flexibility index (Phi) is 50.7. The minimum atomic E-state index is -4.61. The summed E-state index contributed by atoms with van der Waals surface area (Å²) in [5.74, 6) is -0.208. The van der Waals surface area contributed by atoms with E-state index in [0.29, 0.717) is 17.4 Å². The molecule has 3 atom stereocenters.